The number of hydrogen-bond donors (Lipinski definition) is 2. The van der Waals surface area contributed by atoms with Crippen molar-refractivity contribution in [1.82, 2.24) is 5.32 Å². The molecule has 186 valence electrons. The molecule has 0 radical (unpaired) electrons. The van der Waals surface area contributed by atoms with Crippen molar-refractivity contribution in [1.29, 1.82) is 0 Å². The zero-order valence-electron chi connectivity index (χ0n) is 20.8. The Kier molecular flexibility index (Phi) is 8.95. The molecule has 2 rings (SSSR count). The number of ether oxygens (including phenoxy) is 1. The quantitative estimate of drug-likeness (QED) is 0.434. The molecule has 7 heteroatoms. The van der Waals surface area contributed by atoms with Gasteiger partial charge in [0.1, 0.15) is 11.5 Å². The first-order valence-corrected chi connectivity index (χ1v) is 10.8. The number of hydrogen-bond acceptors (Lipinski definition) is 3. The topological polar surface area (TPSA) is 41.5 Å². The predicted molar refractivity (Wildman–Crippen MR) is 131 cm³/mol. The molecule has 0 saturated heterocycles. The fraction of sp³-hybridized carbons (Fsp3) is 0.538. The molecule has 0 atom stereocenters. The number of phenols is 1. The van der Waals surface area contributed by atoms with Crippen molar-refractivity contribution in [2.24, 2.45) is 5.41 Å². The molecule has 2 aromatic carbocycles. The van der Waals surface area contributed by atoms with Crippen LogP contribution in [0.2, 0.25) is 0 Å². The van der Waals surface area contributed by atoms with Crippen molar-refractivity contribution in [3.8, 4) is 22.6 Å². The van der Waals surface area contributed by atoms with Crippen LogP contribution in [0.4, 0.5) is 13.2 Å². The van der Waals surface area contributed by atoms with Crippen molar-refractivity contribution in [3.63, 3.8) is 0 Å². The van der Waals surface area contributed by atoms with Gasteiger partial charge in [0.05, 0.1) is 0 Å². The van der Waals surface area contributed by atoms with Gasteiger partial charge in [0.25, 0.3) is 0 Å². The second-order valence-electron chi connectivity index (χ2n) is 11.3. The Labute approximate surface area is 202 Å². The highest BCUT2D eigenvalue weighted by Gasteiger charge is 2.31. The Balaban J connectivity index is 0.00000544. The van der Waals surface area contributed by atoms with Crippen LogP contribution >= 0.6 is 12.4 Å². The fourth-order valence-corrected chi connectivity index (χ4v) is 4.04. The van der Waals surface area contributed by atoms with Gasteiger partial charge in [-0.25, -0.2) is 0 Å². The number of phenolic OH excluding ortho intramolecular Hbond substituents is 1. The zero-order valence-corrected chi connectivity index (χ0v) is 21.6. The molecule has 33 heavy (non-hydrogen) atoms. The minimum atomic E-state index is -4.74. The van der Waals surface area contributed by atoms with Gasteiger partial charge in [0, 0.05) is 23.2 Å². The molecule has 0 amide bonds. The van der Waals surface area contributed by atoms with E-state index in [0.29, 0.717) is 17.7 Å². The maximum absolute atomic E-state index is 12.5. The Hall–Kier alpha value is -1.92. The van der Waals surface area contributed by atoms with Gasteiger partial charge in [-0.05, 0) is 60.4 Å². The lowest BCUT2D eigenvalue weighted by molar-refractivity contribution is -0.274. The third kappa shape index (κ3) is 9.09. The molecule has 0 spiro atoms. The highest BCUT2D eigenvalue weighted by Crippen LogP contribution is 2.38. The second kappa shape index (κ2) is 10.1. The lowest BCUT2D eigenvalue weighted by Crippen LogP contribution is -2.41. The standard InChI is InChI=1S/C26H36F3NO2.ClH/c1-23(2,3)16-25(7,8)30-15-18-13-19(24(4,5)6)14-21(22(18)31)17-9-11-20(12-10-17)32-26(27,28)29;/h9-14,30-31H,15-16H2,1-8H3;1H. The lowest BCUT2D eigenvalue weighted by atomic mass is 9.81. The number of benzene rings is 2. The van der Waals surface area contributed by atoms with E-state index < -0.39 is 6.36 Å². The van der Waals surface area contributed by atoms with Crippen LogP contribution in [0.15, 0.2) is 36.4 Å². The molecule has 0 unspecified atom stereocenters. The summed E-state index contributed by atoms with van der Waals surface area (Å²) in [5, 5.41) is 14.6. The third-order valence-corrected chi connectivity index (χ3v) is 5.18. The summed E-state index contributed by atoms with van der Waals surface area (Å²) in [6.45, 7) is 17.6. The van der Waals surface area contributed by atoms with Crippen molar-refractivity contribution in [3.05, 3.63) is 47.5 Å². The third-order valence-electron chi connectivity index (χ3n) is 5.18. The van der Waals surface area contributed by atoms with Crippen molar-refractivity contribution >= 4 is 12.4 Å². The highest BCUT2D eigenvalue weighted by molar-refractivity contribution is 5.85. The van der Waals surface area contributed by atoms with Crippen LogP contribution in [0.1, 0.15) is 72.9 Å². The molecule has 0 fully saturated rings. The van der Waals surface area contributed by atoms with Crippen molar-refractivity contribution < 1.29 is 23.0 Å². The van der Waals surface area contributed by atoms with Gasteiger partial charge in [-0.1, -0.05) is 59.7 Å². The molecule has 3 nitrogen and oxygen atoms in total. The molecular formula is C26H37ClF3NO2. The van der Waals surface area contributed by atoms with Gasteiger partial charge in [-0.2, -0.15) is 0 Å². The Morgan fingerprint density at radius 2 is 1.42 bits per heavy atom. The van der Waals surface area contributed by atoms with Crippen LogP contribution in [0, 0.1) is 5.41 Å². The first-order valence-electron chi connectivity index (χ1n) is 10.8. The van der Waals surface area contributed by atoms with E-state index in [1.54, 1.807) is 0 Å². The van der Waals surface area contributed by atoms with Crippen LogP contribution in [-0.4, -0.2) is 17.0 Å². The summed E-state index contributed by atoms with van der Waals surface area (Å²) in [5.74, 6) is -0.167. The van der Waals surface area contributed by atoms with Gasteiger partial charge >= 0.3 is 6.36 Å². The van der Waals surface area contributed by atoms with Gasteiger partial charge in [0.2, 0.25) is 0 Å². The highest BCUT2D eigenvalue weighted by atomic mass is 35.5. The largest absolute Gasteiger partial charge is 0.573 e. The minimum absolute atomic E-state index is 0. The number of aromatic hydroxyl groups is 1. The van der Waals surface area contributed by atoms with Gasteiger partial charge < -0.3 is 15.2 Å². The minimum Gasteiger partial charge on any atom is -0.507 e. The summed E-state index contributed by atoms with van der Waals surface area (Å²) in [5.41, 5.74) is 2.84. The van der Waals surface area contributed by atoms with E-state index >= 15 is 0 Å². The number of rotatable bonds is 6. The van der Waals surface area contributed by atoms with Gasteiger partial charge in [-0.3, -0.25) is 0 Å². The Morgan fingerprint density at radius 3 is 1.88 bits per heavy atom. The van der Waals surface area contributed by atoms with Crippen molar-refractivity contribution in [2.75, 3.05) is 0 Å². The van der Waals surface area contributed by atoms with E-state index in [4.69, 9.17) is 0 Å². The summed E-state index contributed by atoms with van der Waals surface area (Å²) >= 11 is 0. The zero-order chi connectivity index (χ0) is 24.5. The van der Waals surface area contributed by atoms with E-state index in [-0.39, 0.29) is 40.3 Å². The molecule has 0 heterocycles. The smallest absolute Gasteiger partial charge is 0.507 e. The molecule has 2 N–H and O–H groups in total. The van der Waals surface area contributed by atoms with Crippen LogP contribution in [0.3, 0.4) is 0 Å². The summed E-state index contributed by atoms with van der Waals surface area (Å²) < 4.78 is 41.4. The molecule has 0 bridgehead atoms. The van der Waals surface area contributed by atoms with E-state index in [1.165, 1.54) is 24.3 Å². The maximum Gasteiger partial charge on any atom is 0.573 e. The molecule has 0 saturated carbocycles. The summed E-state index contributed by atoms with van der Waals surface area (Å²) in [6.07, 6.45) is -3.79. The maximum atomic E-state index is 12.5. The molecule has 0 aliphatic heterocycles. The SMILES string of the molecule is CC(C)(C)CC(C)(C)NCc1cc(C(C)(C)C)cc(-c2ccc(OC(F)(F)F)cc2)c1O.Cl. The monoisotopic (exact) mass is 487 g/mol. The second-order valence-corrected chi connectivity index (χ2v) is 11.3. The van der Waals surface area contributed by atoms with E-state index in [9.17, 15) is 18.3 Å². The normalized spacial score (nSPS) is 12.9. The summed E-state index contributed by atoms with van der Waals surface area (Å²) in [7, 11) is 0. The predicted octanol–water partition coefficient (Wildman–Crippen LogP) is 7.98. The van der Waals surface area contributed by atoms with E-state index in [0.717, 1.165) is 17.5 Å². The first-order chi connectivity index (χ1) is 14.4. The summed E-state index contributed by atoms with van der Waals surface area (Å²) in [4.78, 5) is 0. The molecule has 2 aromatic rings. The molecule has 0 aromatic heterocycles. The van der Waals surface area contributed by atoms with E-state index in [2.05, 4.69) is 65.4 Å². The molecule has 0 aliphatic carbocycles. The average molecular weight is 488 g/mol. The lowest BCUT2D eigenvalue weighted by Gasteiger charge is -2.34. The van der Waals surface area contributed by atoms with Crippen LogP contribution in [-0.2, 0) is 12.0 Å². The average Bonchev–Trinajstić information content (AvgIpc) is 2.57. The molecule has 0 aliphatic rings. The molecular weight excluding hydrogens is 451 g/mol. The van der Waals surface area contributed by atoms with Crippen LogP contribution < -0.4 is 10.1 Å². The van der Waals surface area contributed by atoms with Gasteiger partial charge in [-0.15, -0.1) is 25.6 Å². The number of alkyl halides is 3. The van der Waals surface area contributed by atoms with Gasteiger partial charge in [0.15, 0.2) is 0 Å². The number of halogens is 4. The number of nitrogens with one attached hydrogen (secondary N) is 1. The van der Waals surface area contributed by atoms with Crippen molar-refractivity contribution in [2.45, 2.75) is 85.7 Å². The first kappa shape index (κ1) is 29.1. The fourth-order valence-electron chi connectivity index (χ4n) is 4.04. The Morgan fingerprint density at radius 1 is 0.879 bits per heavy atom. The van der Waals surface area contributed by atoms with Crippen LogP contribution in [0.25, 0.3) is 11.1 Å². The summed E-state index contributed by atoms with van der Waals surface area (Å²) in [6, 6.07) is 9.48. The van der Waals surface area contributed by atoms with E-state index in [1.807, 2.05) is 12.1 Å². The Bertz CT molecular complexity index is 925. The van der Waals surface area contributed by atoms with Crippen LogP contribution in [0.5, 0.6) is 11.5 Å².